The Labute approximate surface area is 234 Å². The van der Waals surface area contributed by atoms with Gasteiger partial charge >= 0.3 is 6.18 Å². The highest BCUT2D eigenvalue weighted by Gasteiger charge is 2.34. The summed E-state index contributed by atoms with van der Waals surface area (Å²) in [6.07, 6.45) is -1.23. The minimum Gasteiger partial charge on any atom is -0.382 e. The van der Waals surface area contributed by atoms with Crippen molar-refractivity contribution in [2.24, 2.45) is 0 Å². The van der Waals surface area contributed by atoms with E-state index in [1.165, 1.54) is 23.4 Å². The molecule has 1 aliphatic carbocycles. The number of alkyl halides is 3. The van der Waals surface area contributed by atoms with Crippen LogP contribution in [0.1, 0.15) is 63.1 Å². The summed E-state index contributed by atoms with van der Waals surface area (Å²) in [5, 5.41) is 12.2. The van der Waals surface area contributed by atoms with Crippen molar-refractivity contribution in [2.75, 3.05) is 43.0 Å². The summed E-state index contributed by atoms with van der Waals surface area (Å²) in [5.74, 6) is 0. The number of anilines is 2. The SMILES string of the molecule is CC(C)(C)c1ccc(N2CCN(C(=S)COC3CCC(Nc4ccc(C#N)c(C(F)(F)F)c4)CC3)CC2)cc1. The van der Waals surface area contributed by atoms with E-state index in [0.717, 1.165) is 62.9 Å². The molecule has 1 heterocycles. The van der Waals surface area contributed by atoms with Crippen LogP contribution in [0.5, 0.6) is 0 Å². The molecule has 9 heteroatoms. The van der Waals surface area contributed by atoms with Crippen molar-refractivity contribution in [3.63, 3.8) is 0 Å². The van der Waals surface area contributed by atoms with E-state index < -0.39 is 11.7 Å². The molecule has 210 valence electrons. The van der Waals surface area contributed by atoms with E-state index in [2.05, 4.69) is 60.2 Å². The fourth-order valence-electron chi connectivity index (χ4n) is 5.24. The minimum atomic E-state index is -4.56. The summed E-state index contributed by atoms with van der Waals surface area (Å²) < 4.78 is 45.9. The molecule has 5 nitrogen and oxygen atoms in total. The summed E-state index contributed by atoms with van der Waals surface area (Å²) >= 11 is 5.68. The van der Waals surface area contributed by atoms with Crippen molar-refractivity contribution >= 4 is 28.6 Å². The number of rotatable bonds is 6. The monoisotopic (exact) mass is 558 g/mol. The first-order valence-corrected chi connectivity index (χ1v) is 14.0. The van der Waals surface area contributed by atoms with Gasteiger partial charge in [-0.1, -0.05) is 45.1 Å². The fraction of sp³-hybridized carbons (Fsp3) is 0.533. The molecule has 39 heavy (non-hydrogen) atoms. The van der Waals surface area contributed by atoms with Crippen molar-refractivity contribution < 1.29 is 17.9 Å². The first-order valence-electron chi connectivity index (χ1n) is 13.6. The number of benzene rings is 2. The van der Waals surface area contributed by atoms with Gasteiger partial charge in [-0.05, 0) is 67.0 Å². The molecule has 1 saturated heterocycles. The molecular formula is C30H37F3N4OS. The first-order chi connectivity index (χ1) is 18.4. The van der Waals surface area contributed by atoms with Gasteiger partial charge < -0.3 is 19.9 Å². The number of hydrogen-bond donors (Lipinski definition) is 1. The Morgan fingerprint density at radius 2 is 1.64 bits per heavy atom. The molecule has 1 saturated carbocycles. The van der Waals surface area contributed by atoms with Gasteiger partial charge in [0.1, 0.15) is 4.99 Å². The number of nitrogens with one attached hydrogen (secondary N) is 1. The number of nitriles is 1. The summed E-state index contributed by atoms with van der Waals surface area (Å²) in [5.41, 5.74) is 1.84. The van der Waals surface area contributed by atoms with E-state index >= 15 is 0 Å². The molecular weight excluding hydrogens is 521 g/mol. The number of piperazine rings is 1. The zero-order valence-corrected chi connectivity index (χ0v) is 23.7. The Balaban J connectivity index is 1.18. The smallest absolute Gasteiger partial charge is 0.382 e. The van der Waals surface area contributed by atoms with E-state index in [9.17, 15) is 13.2 Å². The second kappa shape index (κ2) is 12.1. The largest absolute Gasteiger partial charge is 0.417 e. The third-order valence-corrected chi connectivity index (χ3v) is 8.04. The van der Waals surface area contributed by atoms with Gasteiger partial charge in [0.05, 0.1) is 29.9 Å². The molecule has 2 aromatic carbocycles. The quantitative estimate of drug-likeness (QED) is 0.395. The number of thiocarbonyl (C=S) groups is 1. The van der Waals surface area contributed by atoms with Gasteiger partial charge in [0.15, 0.2) is 0 Å². The maximum Gasteiger partial charge on any atom is 0.417 e. The average molecular weight is 559 g/mol. The molecule has 2 fully saturated rings. The molecule has 2 aromatic rings. The number of nitrogens with zero attached hydrogens (tertiary/aromatic N) is 3. The minimum absolute atomic E-state index is 0.0661. The zero-order valence-electron chi connectivity index (χ0n) is 22.9. The molecule has 4 rings (SSSR count). The maximum atomic E-state index is 13.3. The van der Waals surface area contributed by atoms with Crippen molar-refractivity contribution in [1.29, 1.82) is 5.26 Å². The normalized spacial score (nSPS) is 20.4. The molecule has 2 aliphatic rings. The highest BCUT2D eigenvalue weighted by Crippen LogP contribution is 2.34. The Hall–Kier alpha value is -2.83. The van der Waals surface area contributed by atoms with Crippen LogP contribution in [0.2, 0.25) is 0 Å². The van der Waals surface area contributed by atoms with Gasteiger partial charge in [-0.15, -0.1) is 0 Å². The van der Waals surface area contributed by atoms with E-state index in [1.807, 2.05) is 0 Å². The van der Waals surface area contributed by atoms with Crippen molar-refractivity contribution in [3.05, 3.63) is 59.2 Å². The van der Waals surface area contributed by atoms with Crippen LogP contribution in [0.4, 0.5) is 24.5 Å². The molecule has 0 bridgehead atoms. The van der Waals surface area contributed by atoms with Gasteiger partial charge in [-0.25, -0.2) is 0 Å². The highest BCUT2D eigenvalue weighted by atomic mass is 32.1. The lowest BCUT2D eigenvalue weighted by Gasteiger charge is -2.38. The van der Waals surface area contributed by atoms with Crippen LogP contribution in [-0.4, -0.2) is 54.8 Å². The van der Waals surface area contributed by atoms with E-state index in [0.29, 0.717) is 12.3 Å². The summed E-state index contributed by atoms with van der Waals surface area (Å²) in [6, 6.07) is 14.3. The lowest BCUT2D eigenvalue weighted by atomic mass is 9.87. The van der Waals surface area contributed by atoms with Crippen molar-refractivity contribution in [1.82, 2.24) is 4.90 Å². The van der Waals surface area contributed by atoms with Crippen LogP contribution in [0.3, 0.4) is 0 Å². The van der Waals surface area contributed by atoms with Crippen LogP contribution in [0.15, 0.2) is 42.5 Å². The van der Waals surface area contributed by atoms with Crippen LogP contribution in [-0.2, 0) is 16.3 Å². The van der Waals surface area contributed by atoms with Crippen LogP contribution >= 0.6 is 12.2 Å². The fourth-order valence-corrected chi connectivity index (χ4v) is 5.49. The van der Waals surface area contributed by atoms with E-state index in [1.54, 1.807) is 6.07 Å². The number of ether oxygens (including phenoxy) is 1. The van der Waals surface area contributed by atoms with Gasteiger partial charge in [0.2, 0.25) is 0 Å². The Morgan fingerprint density at radius 3 is 2.21 bits per heavy atom. The lowest BCUT2D eigenvalue weighted by molar-refractivity contribution is -0.137. The Kier molecular flexibility index (Phi) is 9.07. The second-order valence-electron chi connectivity index (χ2n) is 11.5. The third kappa shape index (κ3) is 7.64. The topological polar surface area (TPSA) is 51.5 Å². The maximum absolute atomic E-state index is 13.3. The third-order valence-electron chi connectivity index (χ3n) is 7.66. The molecule has 0 spiro atoms. The van der Waals surface area contributed by atoms with Crippen LogP contribution in [0, 0.1) is 11.3 Å². The molecule has 0 amide bonds. The van der Waals surface area contributed by atoms with Crippen LogP contribution in [0.25, 0.3) is 0 Å². The standard InChI is InChI=1S/C30H37F3N4OS/c1-29(2,3)22-5-10-25(11-6-22)36-14-16-37(17-15-36)28(39)20-38-26-12-8-23(9-13-26)35-24-7-4-21(19-34)27(18-24)30(31,32)33/h4-7,10-11,18,23,26,35H,8-9,12-17,20H2,1-3H3. The summed E-state index contributed by atoms with van der Waals surface area (Å²) in [7, 11) is 0. The van der Waals surface area contributed by atoms with Gasteiger partial charge in [-0.3, -0.25) is 0 Å². The summed E-state index contributed by atoms with van der Waals surface area (Å²) in [6.45, 7) is 10.6. The lowest BCUT2D eigenvalue weighted by Crippen LogP contribution is -2.49. The Morgan fingerprint density at radius 1 is 1.00 bits per heavy atom. The molecule has 1 N–H and O–H groups in total. The molecule has 0 radical (unpaired) electrons. The predicted octanol–water partition coefficient (Wildman–Crippen LogP) is 6.76. The predicted molar refractivity (Wildman–Crippen MR) is 153 cm³/mol. The first kappa shape index (κ1) is 29.2. The van der Waals surface area contributed by atoms with E-state index in [4.69, 9.17) is 22.2 Å². The molecule has 0 aromatic heterocycles. The van der Waals surface area contributed by atoms with Gasteiger partial charge in [-0.2, -0.15) is 18.4 Å². The summed E-state index contributed by atoms with van der Waals surface area (Å²) in [4.78, 5) is 5.45. The van der Waals surface area contributed by atoms with Gasteiger partial charge in [0, 0.05) is 43.6 Å². The molecule has 1 aliphatic heterocycles. The number of halogens is 3. The van der Waals surface area contributed by atoms with Gasteiger partial charge in [0.25, 0.3) is 0 Å². The highest BCUT2D eigenvalue weighted by molar-refractivity contribution is 7.80. The van der Waals surface area contributed by atoms with Crippen molar-refractivity contribution in [3.8, 4) is 6.07 Å². The zero-order chi connectivity index (χ0) is 28.2. The second-order valence-corrected chi connectivity index (χ2v) is 11.9. The Bertz CT molecular complexity index is 1170. The van der Waals surface area contributed by atoms with E-state index in [-0.39, 0.29) is 23.1 Å². The average Bonchev–Trinajstić information content (AvgIpc) is 2.91. The molecule has 0 atom stereocenters. The van der Waals surface area contributed by atoms with Crippen molar-refractivity contribution in [2.45, 2.75) is 70.2 Å². The number of hydrogen-bond acceptors (Lipinski definition) is 5. The van der Waals surface area contributed by atoms with Crippen LogP contribution < -0.4 is 10.2 Å². The molecule has 0 unspecified atom stereocenters.